The van der Waals surface area contributed by atoms with Gasteiger partial charge in [-0.2, -0.15) is 0 Å². The number of carbonyl (C=O) groups excluding carboxylic acids is 2. The number of carbonyl (C=O) groups is 2. The van der Waals surface area contributed by atoms with Crippen molar-refractivity contribution in [2.75, 3.05) is 26.8 Å². The normalized spacial score (nSPS) is 13.3. The van der Waals surface area contributed by atoms with E-state index in [9.17, 15) is 14.7 Å². The molecule has 1 unspecified atom stereocenters. The van der Waals surface area contributed by atoms with Crippen molar-refractivity contribution in [2.45, 2.75) is 12.5 Å². The fourth-order valence-corrected chi connectivity index (χ4v) is 1.58. The van der Waals surface area contributed by atoms with E-state index in [0.717, 1.165) is 0 Å². The van der Waals surface area contributed by atoms with Crippen LogP contribution in [0.25, 0.3) is 0 Å². The first kappa shape index (κ1) is 16.1. The summed E-state index contributed by atoms with van der Waals surface area (Å²) in [7, 11) is 1.50. The lowest BCUT2D eigenvalue weighted by Crippen LogP contribution is -2.45. The Kier molecular flexibility index (Phi) is 6.14. The van der Waals surface area contributed by atoms with Gasteiger partial charge >= 0.3 is 11.8 Å². The van der Waals surface area contributed by atoms with Crippen LogP contribution >= 0.6 is 0 Å². The summed E-state index contributed by atoms with van der Waals surface area (Å²) in [5.74, 6) is -1.52. The Morgan fingerprint density at radius 1 is 1.20 bits per heavy atom. The molecular formula is C14H20N2O4. The van der Waals surface area contributed by atoms with Crippen molar-refractivity contribution in [1.29, 1.82) is 0 Å². The standard InChI is InChI=1S/C14H20N2O4/c1-14(19,11-6-4-3-5-7-11)10-16-13(18)12(17)15-8-9-20-2/h3-7,19H,8-10H2,1-2H3,(H,15,17)(H,16,18). The third-order valence-corrected chi connectivity index (χ3v) is 2.79. The van der Waals surface area contributed by atoms with Crippen LogP contribution in [-0.4, -0.2) is 43.7 Å². The van der Waals surface area contributed by atoms with E-state index in [2.05, 4.69) is 10.6 Å². The van der Waals surface area contributed by atoms with Crippen LogP contribution in [0.4, 0.5) is 0 Å². The molecule has 0 radical (unpaired) electrons. The second-order valence-electron chi connectivity index (χ2n) is 4.57. The molecule has 1 aromatic carbocycles. The fourth-order valence-electron chi connectivity index (χ4n) is 1.58. The molecule has 0 heterocycles. The molecule has 0 aliphatic carbocycles. The molecule has 1 atom stereocenters. The summed E-state index contributed by atoms with van der Waals surface area (Å²) in [4.78, 5) is 23.0. The number of ether oxygens (including phenoxy) is 1. The maximum Gasteiger partial charge on any atom is 0.309 e. The lowest BCUT2D eigenvalue weighted by atomic mass is 9.96. The van der Waals surface area contributed by atoms with E-state index in [1.807, 2.05) is 6.07 Å². The summed E-state index contributed by atoms with van der Waals surface area (Å²) in [6.45, 7) is 2.12. The van der Waals surface area contributed by atoms with Crippen LogP contribution in [0.1, 0.15) is 12.5 Å². The number of hydrogen-bond acceptors (Lipinski definition) is 4. The van der Waals surface area contributed by atoms with Gasteiger partial charge in [-0.25, -0.2) is 0 Å². The number of benzene rings is 1. The fraction of sp³-hybridized carbons (Fsp3) is 0.429. The molecule has 0 aliphatic heterocycles. The van der Waals surface area contributed by atoms with Crippen molar-refractivity contribution in [3.8, 4) is 0 Å². The summed E-state index contributed by atoms with van der Waals surface area (Å²) in [5.41, 5.74) is -0.566. The lowest BCUT2D eigenvalue weighted by molar-refractivity contribution is -0.139. The van der Waals surface area contributed by atoms with Gasteiger partial charge in [-0.15, -0.1) is 0 Å². The Morgan fingerprint density at radius 2 is 1.80 bits per heavy atom. The Balaban J connectivity index is 2.46. The van der Waals surface area contributed by atoms with Crippen LogP contribution < -0.4 is 10.6 Å². The maximum atomic E-state index is 11.5. The van der Waals surface area contributed by atoms with E-state index >= 15 is 0 Å². The van der Waals surface area contributed by atoms with Crippen LogP contribution in [0, 0.1) is 0 Å². The lowest BCUT2D eigenvalue weighted by Gasteiger charge is -2.24. The van der Waals surface area contributed by atoms with E-state index in [4.69, 9.17) is 4.74 Å². The Bertz CT molecular complexity index is 446. The monoisotopic (exact) mass is 280 g/mol. The van der Waals surface area contributed by atoms with Gasteiger partial charge in [-0.3, -0.25) is 9.59 Å². The van der Waals surface area contributed by atoms with E-state index in [1.165, 1.54) is 7.11 Å². The molecule has 110 valence electrons. The topological polar surface area (TPSA) is 87.7 Å². The summed E-state index contributed by atoms with van der Waals surface area (Å²) < 4.78 is 4.76. The summed E-state index contributed by atoms with van der Waals surface area (Å²) >= 11 is 0. The van der Waals surface area contributed by atoms with Crippen molar-refractivity contribution in [2.24, 2.45) is 0 Å². The number of amides is 2. The molecule has 1 rings (SSSR count). The van der Waals surface area contributed by atoms with Gasteiger partial charge in [0.05, 0.1) is 13.2 Å². The minimum absolute atomic E-state index is 0.0481. The predicted octanol–water partition coefficient (Wildman–Crippen LogP) is -0.227. The van der Waals surface area contributed by atoms with Gasteiger partial charge in [0.2, 0.25) is 0 Å². The zero-order valence-electron chi connectivity index (χ0n) is 11.7. The van der Waals surface area contributed by atoms with E-state index in [-0.39, 0.29) is 13.1 Å². The second kappa shape index (κ2) is 7.62. The number of methoxy groups -OCH3 is 1. The van der Waals surface area contributed by atoms with Crippen molar-refractivity contribution >= 4 is 11.8 Å². The first-order chi connectivity index (χ1) is 9.47. The van der Waals surface area contributed by atoms with Gasteiger partial charge in [-0.05, 0) is 12.5 Å². The number of rotatable bonds is 6. The molecule has 0 saturated heterocycles. The highest BCUT2D eigenvalue weighted by atomic mass is 16.5. The third kappa shape index (κ3) is 4.99. The number of nitrogens with one attached hydrogen (secondary N) is 2. The zero-order chi connectivity index (χ0) is 15.0. The van der Waals surface area contributed by atoms with Crippen LogP contribution in [0.2, 0.25) is 0 Å². The van der Waals surface area contributed by atoms with Gasteiger partial charge in [0.25, 0.3) is 0 Å². The minimum Gasteiger partial charge on any atom is -0.384 e. The molecule has 0 aliphatic rings. The SMILES string of the molecule is COCCNC(=O)C(=O)NCC(C)(O)c1ccccc1. The number of hydrogen-bond donors (Lipinski definition) is 3. The van der Waals surface area contributed by atoms with Gasteiger partial charge in [0, 0.05) is 13.7 Å². The van der Waals surface area contributed by atoms with E-state index < -0.39 is 17.4 Å². The molecule has 0 bridgehead atoms. The Labute approximate surface area is 118 Å². The first-order valence-electron chi connectivity index (χ1n) is 6.30. The zero-order valence-corrected chi connectivity index (χ0v) is 11.7. The first-order valence-corrected chi connectivity index (χ1v) is 6.30. The molecule has 20 heavy (non-hydrogen) atoms. The predicted molar refractivity (Wildman–Crippen MR) is 73.9 cm³/mol. The van der Waals surface area contributed by atoms with Gasteiger partial charge < -0.3 is 20.5 Å². The summed E-state index contributed by atoms with van der Waals surface area (Å²) in [6, 6.07) is 8.93. The van der Waals surface area contributed by atoms with Crippen molar-refractivity contribution in [3.05, 3.63) is 35.9 Å². The average molecular weight is 280 g/mol. The second-order valence-corrected chi connectivity index (χ2v) is 4.57. The van der Waals surface area contributed by atoms with Crippen molar-refractivity contribution < 1.29 is 19.4 Å². The highest BCUT2D eigenvalue weighted by Gasteiger charge is 2.24. The maximum absolute atomic E-state index is 11.5. The van der Waals surface area contributed by atoms with Gasteiger partial charge in [0.1, 0.15) is 5.60 Å². The van der Waals surface area contributed by atoms with Gasteiger partial charge in [-0.1, -0.05) is 30.3 Å². The van der Waals surface area contributed by atoms with E-state index in [0.29, 0.717) is 12.2 Å². The molecule has 6 nitrogen and oxygen atoms in total. The quantitative estimate of drug-likeness (QED) is 0.496. The summed E-state index contributed by atoms with van der Waals surface area (Å²) in [5, 5.41) is 15.1. The molecule has 0 fully saturated rings. The largest absolute Gasteiger partial charge is 0.384 e. The van der Waals surface area contributed by atoms with Crippen LogP contribution in [0.3, 0.4) is 0 Å². The molecule has 0 aromatic heterocycles. The van der Waals surface area contributed by atoms with Crippen LogP contribution in [0.15, 0.2) is 30.3 Å². The van der Waals surface area contributed by atoms with Gasteiger partial charge in [0.15, 0.2) is 0 Å². The highest BCUT2D eigenvalue weighted by Crippen LogP contribution is 2.18. The highest BCUT2D eigenvalue weighted by molar-refractivity contribution is 6.35. The minimum atomic E-state index is -1.23. The smallest absolute Gasteiger partial charge is 0.309 e. The van der Waals surface area contributed by atoms with Crippen LogP contribution in [-0.2, 0) is 19.9 Å². The van der Waals surface area contributed by atoms with Crippen molar-refractivity contribution in [3.63, 3.8) is 0 Å². The van der Waals surface area contributed by atoms with E-state index in [1.54, 1.807) is 31.2 Å². The third-order valence-electron chi connectivity index (χ3n) is 2.79. The molecule has 1 aromatic rings. The molecule has 0 saturated carbocycles. The Morgan fingerprint density at radius 3 is 2.40 bits per heavy atom. The summed E-state index contributed by atoms with van der Waals surface area (Å²) in [6.07, 6.45) is 0. The molecule has 0 spiro atoms. The number of aliphatic hydroxyl groups is 1. The Hall–Kier alpha value is -1.92. The molecule has 2 amide bonds. The molecule has 3 N–H and O–H groups in total. The average Bonchev–Trinajstić information content (AvgIpc) is 2.46. The molecular weight excluding hydrogens is 260 g/mol. The molecule has 6 heteroatoms. The van der Waals surface area contributed by atoms with Crippen molar-refractivity contribution in [1.82, 2.24) is 10.6 Å². The van der Waals surface area contributed by atoms with Crippen LogP contribution in [0.5, 0.6) is 0 Å².